The van der Waals surface area contributed by atoms with Crippen molar-refractivity contribution in [3.05, 3.63) is 57.3 Å². The molecule has 0 saturated carbocycles. The lowest BCUT2D eigenvalue weighted by atomic mass is 10.2. The number of carbonyl (C=O) groups is 1. The quantitative estimate of drug-likeness (QED) is 0.709. The summed E-state index contributed by atoms with van der Waals surface area (Å²) in [6.45, 7) is 1.78. The molecule has 0 aliphatic carbocycles. The number of nitrogens with one attached hydrogen (secondary N) is 1. The monoisotopic (exact) mass is 364 g/mol. The highest BCUT2D eigenvalue weighted by molar-refractivity contribution is 9.10. The van der Waals surface area contributed by atoms with Gasteiger partial charge in [0.1, 0.15) is 5.52 Å². The first-order chi connectivity index (χ1) is 10.0. The second kappa shape index (κ2) is 5.50. The van der Waals surface area contributed by atoms with Crippen molar-refractivity contribution in [1.29, 1.82) is 0 Å². The fourth-order valence-corrected chi connectivity index (χ4v) is 2.55. The minimum absolute atomic E-state index is 0.277. The average molecular weight is 366 g/mol. The van der Waals surface area contributed by atoms with Gasteiger partial charge in [-0.2, -0.15) is 0 Å². The highest BCUT2D eigenvalue weighted by Gasteiger charge is 2.12. The predicted molar refractivity (Wildman–Crippen MR) is 85.9 cm³/mol. The van der Waals surface area contributed by atoms with Crippen LogP contribution in [-0.2, 0) is 0 Å². The number of nitrogens with zero attached hydrogens (tertiary/aromatic N) is 1. The van der Waals surface area contributed by atoms with Crippen LogP contribution in [0, 0.1) is 6.92 Å². The molecule has 0 bridgehead atoms. The van der Waals surface area contributed by atoms with Crippen LogP contribution in [0.25, 0.3) is 11.1 Å². The number of carbonyl (C=O) groups excluding carboxylic acids is 1. The minimum Gasteiger partial charge on any atom is -0.441 e. The number of rotatable bonds is 2. The standard InChI is InChI=1S/C15H10BrClN2O2/c1-8-18-13-7-10(3-5-14(13)21-8)19-15(20)11-6-9(16)2-4-12(11)17/h2-7H,1H3,(H,19,20). The van der Waals surface area contributed by atoms with E-state index in [2.05, 4.69) is 26.2 Å². The lowest BCUT2D eigenvalue weighted by Gasteiger charge is -2.07. The largest absolute Gasteiger partial charge is 0.441 e. The highest BCUT2D eigenvalue weighted by atomic mass is 79.9. The summed E-state index contributed by atoms with van der Waals surface area (Å²) in [6, 6.07) is 10.4. The van der Waals surface area contributed by atoms with Gasteiger partial charge in [0.25, 0.3) is 5.91 Å². The van der Waals surface area contributed by atoms with E-state index in [4.69, 9.17) is 16.0 Å². The van der Waals surface area contributed by atoms with Crippen LogP contribution in [0.15, 0.2) is 45.3 Å². The molecule has 0 saturated heterocycles. The third-order valence-electron chi connectivity index (χ3n) is 2.93. The number of hydrogen-bond acceptors (Lipinski definition) is 3. The molecule has 6 heteroatoms. The lowest BCUT2D eigenvalue weighted by Crippen LogP contribution is -2.12. The molecular weight excluding hydrogens is 356 g/mol. The third kappa shape index (κ3) is 2.94. The van der Waals surface area contributed by atoms with Crippen molar-refractivity contribution in [2.75, 3.05) is 5.32 Å². The molecule has 21 heavy (non-hydrogen) atoms. The van der Waals surface area contributed by atoms with Crippen molar-refractivity contribution in [1.82, 2.24) is 4.98 Å². The Labute approximate surface area is 134 Å². The van der Waals surface area contributed by atoms with E-state index >= 15 is 0 Å². The van der Waals surface area contributed by atoms with Gasteiger partial charge in [0.2, 0.25) is 0 Å². The summed E-state index contributed by atoms with van der Waals surface area (Å²) in [5, 5.41) is 3.20. The molecule has 1 aromatic heterocycles. The van der Waals surface area contributed by atoms with E-state index in [-0.39, 0.29) is 5.91 Å². The molecule has 0 radical (unpaired) electrons. The number of aromatic nitrogens is 1. The maximum absolute atomic E-state index is 12.3. The van der Waals surface area contributed by atoms with Crippen molar-refractivity contribution < 1.29 is 9.21 Å². The van der Waals surface area contributed by atoms with Crippen molar-refractivity contribution >= 4 is 50.2 Å². The van der Waals surface area contributed by atoms with Crippen LogP contribution in [0.4, 0.5) is 5.69 Å². The molecule has 1 heterocycles. The summed E-state index contributed by atoms with van der Waals surface area (Å²) in [5.41, 5.74) is 2.43. The molecule has 0 fully saturated rings. The van der Waals surface area contributed by atoms with E-state index in [1.165, 1.54) is 0 Å². The van der Waals surface area contributed by atoms with Crippen LogP contribution in [0.3, 0.4) is 0 Å². The number of anilines is 1. The Hall–Kier alpha value is -1.85. The van der Waals surface area contributed by atoms with Gasteiger partial charge < -0.3 is 9.73 Å². The maximum atomic E-state index is 12.3. The van der Waals surface area contributed by atoms with Crippen LogP contribution < -0.4 is 5.32 Å². The lowest BCUT2D eigenvalue weighted by molar-refractivity contribution is 0.102. The van der Waals surface area contributed by atoms with Crippen molar-refractivity contribution in [2.24, 2.45) is 0 Å². The molecule has 1 N–H and O–H groups in total. The number of fused-ring (bicyclic) bond motifs is 1. The molecule has 0 atom stereocenters. The Morgan fingerprint density at radius 2 is 2.10 bits per heavy atom. The summed E-state index contributed by atoms with van der Waals surface area (Å²) in [6.07, 6.45) is 0. The van der Waals surface area contributed by atoms with E-state index in [1.54, 1.807) is 43.3 Å². The van der Waals surface area contributed by atoms with Crippen molar-refractivity contribution in [3.8, 4) is 0 Å². The minimum atomic E-state index is -0.277. The number of halogens is 2. The summed E-state index contributed by atoms with van der Waals surface area (Å²) in [4.78, 5) is 16.5. The Morgan fingerprint density at radius 1 is 1.29 bits per heavy atom. The first-order valence-electron chi connectivity index (χ1n) is 6.16. The molecule has 0 unspecified atom stereocenters. The SMILES string of the molecule is Cc1nc2cc(NC(=O)c3cc(Br)ccc3Cl)ccc2o1. The third-order valence-corrected chi connectivity index (χ3v) is 3.75. The zero-order chi connectivity index (χ0) is 15.0. The van der Waals surface area contributed by atoms with Gasteiger partial charge in [-0.1, -0.05) is 27.5 Å². The summed E-state index contributed by atoms with van der Waals surface area (Å²) >= 11 is 9.37. The van der Waals surface area contributed by atoms with Gasteiger partial charge in [-0.15, -0.1) is 0 Å². The summed E-state index contributed by atoms with van der Waals surface area (Å²) < 4.78 is 6.19. The van der Waals surface area contributed by atoms with Gasteiger partial charge in [-0.3, -0.25) is 4.79 Å². The molecule has 106 valence electrons. The van der Waals surface area contributed by atoms with Gasteiger partial charge in [0.05, 0.1) is 10.6 Å². The molecule has 3 aromatic rings. The van der Waals surface area contributed by atoms with E-state index in [1.807, 2.05) is 0 Å². The number of oxazole rings is 1. The zero-order valence-electron chi connectivity index (χ0n) is 11.0. The number of amides is 1. The normalized spacial score (nSPS) is 10.8. The first-order valence-corrected chi connectivity index (χ1v) is 7.33. The molecule has 1 amide bonds. The topological polar surface area (TPSA) is 55.1 Å². The van der Waals surface area contributed by atoms with Crippen LogP contribution in [0.5, 0.6) is 0 Å². The molecule has 0 spiro atoms. The predicted octanol–water partition coefficient (Wildman–Crippen LogP) is 4.80. The number of benzene rings is 2. The number of hydrogen-bond donors (Lipinski definition) is 1. The fraction of sp³-hybridized carbons (Fsp3) is 0.0667. The van der Waals surface area contributed by atoms with E-state index in [0.29, 0.717) is 33.3 Å². The van der Waals surface area contributed by atoms with Crippen LogP contribution >= 0.6 is 27.5 Å². The molecular formula is C15H10BrClN2O2. The molecule has 2 aromatic carbocycles. The fourth-order valence-electron chi connectivity index (χ4n) is 1.99. The van der Waals surface area contributed by atoms with Crippen LogP contribution in [0.1, 0.15) is 16.2 Å². The summed E-state index contributed by atoms with van der Waals surface area (Å²) in [5.74, 6) is 0.310. The zero-order valence-corrected chi connectivity index (χ0v) is 13.3. The molecule has 0 aliphatic rings. The van der Waals surface area contributed by atoms with Gasteiger partial charge >= 0.3 is 0 Å². The average Bonchev–Trinajstić information content (AvgIpc) is 2.80. The Morgan fingerprint density at radius 3 is 2.90 bits per heavy atom. The van der Waals surface area contributed by atoms with Gasteiger partial charge in [0, 0.05) is 17.1 Å². The van der Waals surface area contributed by atoms with Crippen LogP contribution in [-0.4, -0.2) is 10.9 Å². The van der Waals surface area contributed by atoms with Crippen LogP contribution in [0.2, 0.25) is 5.02 Å². The second-order valence-electron chi connectivity index (χ2n) is 4.49. The first kappa shape index (κ1) is 14.1. The van der Waals surface area contributed by atoms with E-state index in [0.717, 1.165) is 4.47 Å². The van der Waals surface area contributed by atoms with Gasteiger partial charge in [-0.25, -0.2) is 4.98 Å². The van der Waals surface area contributed by atoms with E-state index < -0.39 is 0 Å². The van der Waals surface area contributed by atoms with Crippen molar-refractivity contribution in [3.63, 3.8) is 0 Å². The highest BCUT2D eigenvalue weighted by Crippen LogP contribution is 2.24. The van der Waals surface area contributed by atoms with Gasteiger partial charge in [0.15, 0.2) is 11.5 Å². The summed E-state index contributed by atoms with van der Waals surface area (Å²) in [7, 11) is 0. The second-order valence-corrected chi connectivity index (χ2v) is 5.82. The van der Waals surface area contributed by atoms with Crippen molar-refractivity contribution in [2.45, 2.75) is 6.92 Å². The van der Waals surface area contributed by atoms with E-state index in [9.17, 15) is 4.79 Å². The molecule has 3 rings (SSSR count). The molecule has 0 aliphatic heterocycles. The number of aryl methyl sites for hydroxylation is 1. The maximum Gasteiger partial charge on any atom is 0.257 e. The smallest absolute Gasteiger partial charge is 0.257 e. The van der Waals surface area contributed by atoms with Gasteiger partial charge in [-0.05, 0) is 36.4 Å². The Balaban J connectivity index is 1.90. The Kier molecular flexibility index (Phi) is 3.69. The Bertz CT molecular complexity index is 845. The molecule has 4 nitrogen and oxygen atoms in total.